The van der Waals surface area contributed by atoms with Crippen molar-refractivity contribution in [2.45, 2.75) is 26.6 Å². The minimum absolute atomic E-state index is 0.0361. The molecule has 2 aromatic carbocycles. The molecule has 36 heavy (non-hydrogen) atoms. The normalized spacial score (nSPS) is 14.1. The summed E-state index contributed by atoms with van der Waals surface area (Å²) < 4.78 is 47.3. The number of carbonyl (C=O) groups excluding carboxylic acids is 1. The molecule has 0 radical (unpaired) electrons. The third-order valence-electron chi connectivity index (χ3n) is 5.96. The molecule has 0 atom stereocenters. The van der Waals surface area contributed by atoms with E-state index < -0.39 is 24.3 Å². The van der Waals surface area contributed by atoms with Crippen LogP contribution < -0.4 is 15.3 Å². The van der Waals surface area contributed by atoms with Crippen LogP contribution in [0.25, 0.3) is 16.7 Å². The highest BCUT2D eigenvalue weighted by Crippen LogP contribution is 2.32. The average Bonchev–Trinajstić information content (AvgIpc) is 2.95. The lowest BCUT2D eigenvalue weighted by molar-refractivity contribution is -0.140. The van der Waals surface area contributed by atoms with Crippen LogP contribution in [0.5, 0.6) is 5.88 Å². The Hall–Kier alpha value is -3.86. The van der Waals surface area contributed by atoms with E-state index in [-0.39, 0.29) is 35.3 Å². The number of hydrogen-bond acceptors (Lipinski definition) is 5. The molecule has 0 fully saturated rings. The lowest BCUT2D eigenvalue weighted by atomic mass is 10.1. The molecular weight excluding hydrogens is 499 g/mol. The van der Waals surface area contributed by atoms with Gasteiger partial charge in [-0.15, -0.1) is 0 Å². The van der Waals surface area contributed by atoms with Crippen LogP contribution in [-0.4, -0.2) is 44.3 Å². The number of anilines is 1. The Labute approximate surface area is 207 Å². The van der Waals surface area contributed by atoms with Gasteiger partial charge in [-0.25, -0.2) is 14.8 Å². The summed E-state index contributed by atoms with van der Waals surface area (Å²) in [6.45, 7) is 2.43. The van der Waals surface area contributed by atoms with E-state index >= 15 is 0 Å². The standard InChI is InChI=1S/C24H19ClF3N5O3/c1-13-9-15(31-7-8-36-21-18(22(31)34)20(25)29-12-30-21)10-14(2)19(13)33-17-6-4-3-5-16(17)32(23(33)35)11-24(26,27)28/h3-6,9-10,12H,7-8,11H2,1-2H3. The molecule has 2 aromatic heterocycles. The number of imidazole rings is 1. The average molecular weight is 518 g/mol. The molecule has 3 heterocycles. The molecule has 4 aromatic rings. The summed E-state index contributed by atoms with van der Waals surface area (Å²) in [7, 11) is 0. The van der Waals surface area contributed by atoms with E-state index in [1.54, 1.807) is 44.2 Å². The Morgan fingerprint density at radius 1 is 1.06 bits per heavy atom. The SMILES string of the molecule is Cc1cc(N2CCOc3ncnc(Cl)c3C2=O)cc(C)c1-n1c(=O)n(CC(F)(F)F)c2ccccc21. The minimum Gasteiger partial charge on any atom is -0.475 e. The lowest BCUT2D eigenvalue weighted by Crippen LogP contribution is -2.33. The van der Waals surface area contributed by atoms with Crippen molar-refractivity contribution in [2.24, 2.45) is 0 Å². The summed E-state index contributed by atoms with van der Waals surface area (Å²) in [6.07, 6.45) is -3.36. The second-order valence-corrected chi connectivity index (χ2v) is 8.74. The zero-order valence-electron chi connectivity index (χ0n) is 19.1. The molecule has 1 aliphatic heterocycles. The van der Waals surface area contributed by atoms with Crippen LogP contribution in [0.1, 0.15) is 21.5 Å². The molecule has 1 amide bonds. The van der Waals surface area contributed by atoms with Gasteiger partial charge in [0.15, 0.2) is 0 Å². The van der Waals surface area contributed by atoms with Crippen molar-refractivity contribution in [1.29, 1.82) is 0 Å². The predicted molar refractivity (Wildman–Crippen MR) is 127 cm³/mol. The van der Waals surface area contributed by atoms with Crippen molar-refractivity contribution in [1.82, 2.24) is 19.1 Å². The molecule has 0 saturated heterocycles. The molecule has 12 heteroatoms. The molecule has 0 spiro atoms. The maximum atomic E-state index is 13.3. The van der Waals surface area contributed by atoms with E-state index in [2.05, 4.69) is 9.97 Å². The molecule has 0 bridgehead atoms. The largest absolute Gasteiger partial charge is 0.475 e. The number of rotatable bonds is 3. The number of aryl methyl sites for hydroxylation is 2. The van der Waals surface area contributed by atoms with Crippen LogP contribution in [0.15, 0.2) is 47.5 Å². The topological polar surface area (TPSA) is 82.2 Å². The fraction of sp³-hybridized carbons (Fsp3) is 0.250. The highest BCUT2D eigenvalue weighted by atomic mass is 35.5. The summed E-state index contributed by atoms with van der Waals surface area (Å²) in [6, 6.07) is 9.73. The van der Waals surface area contributed by atoms with Gasteiger partial charge in [-0.1, -0.05) is 23.7 Å². The summed E-state index contributed by atoms with van der Waals surface area (Å²) in [5.41, 5.74) is 1.92. The molecule has 0 unspecified atom stereocenters. The van der Waals surface area contributed by atoms with Gasteiger partial charge in [0.2, 0.25) is 5.88 Å². The van der Waals surface area contributed by atoms with Gasteiger partial charge >= 0.3 is 11.9 Å². The smallest absolute Gasteiger partial charge is 0.406 e. The number of ether oxygens (including phenoxy) is 1. The van der Waals surface area contributed by atoms with Crippen molar-refractivity contribution in [3.63, 3.8) is 0 Å². The third kappa shape index (κ3) is 3.98. The first-order valence-electron chi connectivity index (χ1n) is 10.9. The van der Waals surface area contributed by atoms with E-state index in [0.717, 1.165) is 4.57 Å². The molecule has 0 aliphatic carbocycles. The van der Waals surface area contributed by atoms with Crippen molar-refractivity contribution in [3.8, 4) is 11.6 Å². The van der Waals surface area contributed by atoms with Gasteiger partial charge in [-0.2, -0.15) is 13.2 Å². The second-order valence-electron chi connectivity index (χ2n) is 8.39. The number of aromatic nitrogens is 4. The van der Waals surface area contributed by atoms with Gasteiger partial charge in [-0.05, 0) is 49.2 Å². The van der Waals surface area contributed by atoms with Crippen LogP contribution in [0.3, 0.4) is 0 Å². The maximum absolute atomic E-state index is 13.3. The Bertz CT molecular complexity index is 1550. The summed E-state index contributed by atoms with van der Waals surface area (Å²) >= 11 is 6.15. The summed E-state index contributed by atoms with van der Waals surface area (Å²) in [5, 5.41) is -0.0361. The maximum Gasteiger partial charge on any atom is 0.406 e. The van der Waals surface area contributed by atoms with Crippen molar-refractivity contribution < 1.29 is 22.7 Å². The number of alkyl halides is 3. The molecular formula is C24H19ClF3N5O3. The Kier molecular flexibility index (Phi) is 5.74. The first-order chi connectivity index (χ1) is 17.1. The number of amides is 1. The van der Waals surface area contributed by atoms with E-state index in [4.69, 9.17) is 16.3 Å². The van der Waals surface area contributed by atoms with Crippen LogP contribution in [0, 0.1) is 13.8 Å². The predicted octanol–water partition coefficient (Wildman–Crippen LogP) is 4.45. The van der Waals surface area contributed by atoms with Crippen molar-refractivity contribution >= 4 is 34.2 Å². The van der Waals surface area contributed by atoms with Crippen molar-refractivity contribution in [3.05, 3.63) is 75.1 Å². The second kappa shape index (κ2) is 8.66. The van der Waals surface area contributed by atoms with Crippen LogP contribution >= 0.6 is 11.6 Å². The van der Waals surface area contributed by atoms with E-state index in [0.29, 0.717) is 28.0 Å². The number of hydrogen-bond donors (Lipinski definition) is 0. The number of benzene rings is 2. The van der Waals surface area contributed by atoms with Gasteiger partial charge < -0.3 is 9.64 Å². The first-order valence-corrected chi connectivity index (χ1v) is 11.3. The fourth-order valence-corrected chi connectivity index (χ4v) is 4.76. The minimum atomic E-state index is -4.57. The van der Waals surface area contributed by atoms with Gasteiger partial charge in [0.05, 0.1) is 23.3 Å². The van der Waals surface area contributed by atoms with Crippen LogP contribution in [0.2, 0.25) is 5.15 Å². The highest BCUT2D eigenvalue weighted by molar-refractivity contribution is 6.33. The molecule has 8 nitrogen and oxygen atoms in total. The lowest BCUT2D eigenvalue weighted by Gasteiger charge is -2.23. The monoisotopic (exact) mass is 517 g/mol. The highest BCUT2D eigenvalue weighted by Gasteiger charge is 2.32. The van der Waals surface area contributed by atoms with Gasteiger partial charge in [0.25, 0.3) is 5.91 Å². The fourth-order valence-electron chi connectivity index (χ4n) is 4.55. The number of para-hydroxylation sites is 2. The van der Waals surface area contributed by atoms with Gasteiger partial charge in [-0.3, -0.25) is 13.9 Å². The molecule has 0 N–H and O–H groups in total. The van der Waals surface area contributed by atoms with E-state index in [1.807, 2.05) is 0 Å². The zero-order valence-corrected chi connectivity index (χ0v) is 19.9. The Balaban J connectivity index is 1.64. The number of fused-ring (bicyclic) bond motifs is 2. The number of halogens is 4. The molecule has 1 aliphatic rings. The number of carbonyl (C=O) groups is 1. The molecule has 186 valence electrons. The summed E-state index contributed by atoms with van der Waals surface area (Å²) in [4.78, 5) is 35.9. The van der Waals surface area contributed by atoms with Gasteiger partial charge in [0.1, 0.15) is 30.2 Å². The van der Waals surface area contributed by atoms with Gasteiger partial charge in [0, 0.05) is 5.69 Å². The number of nitrogens with zero attached hydrogens (tertiary/aromatic N) is 5. The Morgan fingerprint density at radius 3 is 2.39 bits per heavy atom. The molecule has 0 saturated carbocycles. The van der Waals surface area contributed by atoms with Crippen molar-refractivity contribution in [2.75, 3.05) is 18.1 Å². The zero-order chi connectivity index (χ0) is 25.8. The van der Waals surface area contributed by atoms with Crippen LogP contribution in [-0.2, 0) is 6.54 Å². The Morgan fingerprint density at radius 2 is 1.72 bits per heavy atom. The first kappa shape index (κ1) is 23.9. The summed E-state index contributed by atoms with van der Waals surface area (Å²) in [5.74, 6) is -0.352. The third-order valence-corrected chi connectivity index (χ3v) is 6.25. The quantitative estimate of drug-likeness (QED) is 0.375. The van der Waals surface area contributed by atoms with E-state index in [9.17, 15) is 22.8 Å². The molecule has 5 rings (SSSR count). The van der Waals surface area contributed by atoms with Crippen LogP contribution in [0.4, 0.5) is 18.9 Å². The van der Waals surface area contributed by atoms with E-state index in [1.165, 1.54) is 21.9 Å².